The molecule has 0 aliphatic carbocycles. The maximum absolute atomic E-state index is 6.42. The maximum Gasteiger partial charge on any atom is 0.0848 e. The van der Waals surface area contributed by atoms with Crippen molar-refractivity contribution in [2.24, 2.45) is 0 Å². The van der Waals surface area contributed by atoms with Crippen molar-refractivity contribution in [2.45, 2.75) is 46.7 Å². The van der Waals surface area contributed by atoms with Crippen molar-refractivity contribution in [1.29, 1.82) is 0 Å². The van der Waals surface area contributed by atoms with Crippen LogP contribution < -0.4 is 5.32 Å². The Morgan fingerprint density at radius 3 is 2.33 bits per heavy atom. The first-order valence-corrected chi connectivity index (χ1v) is 7.70. The summed E-state index contributed by atoms with van der Waals surface area (Å²) in [7, 11) is 0. The predicted octanol–water partition coefficient (Wildman–Crippen LogP) is 4.68. The molecule has 0 atom stereocenters. The highest BCUT2D eigenvalue weighted by Gasteiger charge is 2.14. The van der Waals surface area contributed by atoms with Gasteiger partial charge >= 0.3 is 0 Å². The highest BCUT2D eigenvalue weighted by Crippen LogP contribution is 2.27. The van der Waals surface area contributed by atoms with E-state index in [1.165, 1.54) is 0 Å². The zero-order valence-corrected chi connectivity index (χ0v) is 14.6. The minimum atomic E-state index is 0.0777. The molecule has 0 radical (unpaired) electrons. The summed E-state index contributed by atoms with van der Waals surface area (Å²) in [6.45, 7) is 11.0. The Kier molecular flexibility index (Phi) is 4.66. The summed E-state index contributed by atoms with van der Waals surface area (Å²) in [4.78, 5) is 0. The molecule has 0 amide bonds. The molecule has 0 spiro atoms. The van der Waals surface area contributed by atoms with Crippen molar-refractivity contribution in [3.8, 4) is 5.69 Å². The maximum atomic E-state index is 6.42. The van der Waals surface area contributed by atoms with E-state index in [4.69, 9.17) is 23.2 Å². The summed E-state index contributed by atoms with van der Waals surface area (Å²) in [6, 6.07) is 6.02. The van der Waals surface area contributed by atoms with Crippen molar-refractivity contribution in [3.05, 3.63) is 45.2 Å². The number of rotatable bonds is 3. The van der Waals surface area contributed by atoms with E-state index in [1.807, 2.05) is 26.0 Å². The lowest BCUT2D eigenvalue weighted by Gasteiger charge is -2.20. The van der Waals surface area contributed by atoms with E-state index in [0.29, 0.717) is 10.0 Å². The predicted molar refractivity (Wildman–Crippen MR) is 89.7 cm³/mol. The molecule has 0 fully saturated rings. The van der Waals surface area contributed by atoms with Gasteiger partial charge in [-0.05, 0) is 52.3 Å². The Labute approximate surface area is 136 Å². The van der Waals surface area contributed by atoms with Crippen LogP contribution in [0.5, 0.6) is 0 Å². The summed E-state index contributed by atoms with van der Waals surface area (Å²) in [5.41, 5.74) is 3.78. The van der Waals surface area contributed by atoms with Gasteiger partial charge in [0, 0.05) is 12.1 Å². The van der Waals surface area contributed by atoms with Crippen molar-refractivity contribution in [1.82, 2.24) is 15.1 Å². The van der Waals surface area contributed by atoms with Gasteiger partial charge in [0.2, 0.25) is 0 Å². The summed E-state index contributed by atoms with van der Waals surface area (Å²) < 4.78 is 1.79. The molecular formula is C16H21Cl2N3. The first-order valence-electron chi connectivity index (χ1n) is 6.94. The Hall–Kier alpha value is -1.03. The van der Waals surface area contributed by atoms with Crippen LogP contribution in [0, 0.1) is 13.8 Å². The quantitative estimate of drug-likeness (QED) is 0.887. The van der Waals surface area contributed by atoms with Gasteiger partial charge in [0.05, 0.1) is 27.1 Å². The fourth-order valence-electron chi connectivity index (χ4n) is 2.06. The zero-order valence-electron chi connectivity index (χ0n) is 13.1. The van der Waals surface area contributed by atoms with Crippen molar-refractivity contribution < 1.29 is 0 Å². The first-order chi connectivity index (χ1) is 9.69. The number of aromatic nitrogens is 2. The van der Waals surface area contributed by atoms with Crippen LogP contribution in [0.3, 0.4) is 0 Å². The Morgan fingerprint density at radius 2 is 1.86 bits per heavy atom. The van der Waals surface area contributed by atoms with Gasteiger partial charge in [-0.3, -0.25) is 0 Å². The smallest absolute Gasteiger partial charge is 0.0848 e. The van der Waals surface area contributed by atoms with Crippen LogP contribution in [-0.2, 0) is 6.54 Å². The third-order valence-corrected chi connectivity index (χ3v) is 4.12. The van der Waals surface area contributed by atoms with E-state index in [9.17, 15) is 0 Å². The number of aryl methyl sites for hydroxylation is 1. The molecule has 1 N–H and O–H groups in total. The molecule has 0 saturated carbocycles. The highest BCUT2D eigenvalue weighted by atomic mass is 35.5. The second-order valence-corrected chi connectivity index (χ2v) is 7.07. The van der Waals surface area contributed by atoms with E-state index in [-0.39, 0.29) is 5.54 Å². The van der Waals surface area contributed by atoms with Crippen molar-refractivity contribution in [3.63, 3.8) is 0 Å². The molecule has 5 heteroatoms. The lowest BCUT2D eigenvalue weighted by Crippen LogP contribution is -2.35. The summed E-state index contributed by atoms with van der Waals surface area (Å²) >= 11 is 12.6. The molecule has 2 aromatic rings. The number of hydrogen-bond donors (Lipinski definition) is 1. The molecule has 114 valence electrons. The molecule has 0 aliphatic rings. The zero-order chi connectivity index (χ0) is 15.8. The van der Waals surface area contributed by atoms with E-state index >= 15 is 0 Å². The van der Waals surface area contributed by atoms with Crippen molar-refractivity contribution >= 4 is 23.2 Å². The largest absolute Gasteiger partial charge is 0.308 e. The summed E-state index contributed by atoms with van der Waals surface area (Å²) in [5.74, 6) is 0. The van der Waals surface area contributed by atoms with E-state index in [2.05, 4.69) is 37.3 Å². The molecule has 0 unspecified atom stereocenters. The van der Waals surface area contributed by atoms with Gasteiger partial charge in [-0.2, -0.15) is 5.10 Å². The van der Waals surface area contributed by atoms with Crippen LogP contribution in [0.25, 0.3) is 5.69 Å². The molecule has 0 bridgehead atoms. The van der Waals surface area contributed by atoms with Crippen LogP contribution >= 0.6 is 23.2 Å². The number of halogens is 2. The standard InChI is InChI=1S/C16H21Cl2N3/c1-10-15(18)11(2)21(20-10)14-7-6-12(8-13(14)17)9-19-16(3,4)5/h6-8,19H,9H2,1-5H3. The van der Waals surface area contributed by atoms with Gasteiger partial charge in [0.15, 0.2) is 0 Å². The van der Waals surface area contributed by atoms with Crippen LogP contribution in [0.1, 0.15) is 37.7 Å². The molecule has 1 heterocycles. The summed E-state index contributed by atoms with van der Waals surface area (Å²) in [6.07, 6.45) is 0. The van der Waals surface area contributed by atoms with Crippen molar-refractivity contribution in [2.75, 3.05) is 0 Å². The fraction of sp³-hybridized carbons (Fsp3) is 0.438. The second-order valence-electron chi connectivity index (χ2n) is 6.29. The first kappa shape index (κ1) is 16.3. The van der Waals surface area contributed by atoms with Crippen LogP contribution in [0.15, 0.2) is 18.2 Å². The third-order valence-electron chi connectivity index (χ3n) is 3.27. The molecule has 3 nitrogen and oxygen atoms in total. The number of benzene rings is 1. The highest BCUT2D eigenvalue weighted by molar-refractivity contribution is 6.33. The van der Waals surface area contributed by atoms with Gasteiger partial charge in [-0.1, -0.05) is 29.3 Å². The van der Waals surface area contributed by atoms with Crippen LogP contribution in [0.2, 0.25) is 10.0 Å². The van der Waals surface area contributed by atoms with Gasteiger partial charge < -0.3 is 5.32 Å². The summed E-state index contributed by atoms with van der Waals surface area (Å²) in [5, 5.41) is 9.24. The average molecular weight is 326 g/mol. The Morgan fingerprint density at radius 1 is 1.19 bits per heavy atom. The minimum absolute atomic E-state index is 0.0777. The lowest BCUT2D eigenvalue weighted by atomic mass is 10.1. The number of hydrogen-bond acceptors (Lipinski definition) is 2. The monoisotopic (exact) mass is 325 g/mol. The molecule has 0 aliphatic heterocycles. The Balaban J connectivity index is 2.29. The van der Waals surface area contributed by atoms with Crippen LogP contribution in [-0.4, -0.2) is 15.3 Å². The Bertz CT molecular complexity index is 654. The topological polar surface area (TPSA) is 29.9 Å². The number of nitrogens with zero attached hydrogens (tertiary/aromatic N) is 2. The molecular weight excluding hydrogens is 305 g/mol. The van der Waals surface area contributed by atoms with Gasteiger partial charge in [0.1, 0.15) is 0 Å². The van der Waals surface area contributed by atoms with Crippen LogP contribution in [0.4, 0.5) is 0 Å². The molecule has 2 rings (SSSR count). The lowest BCUT2D eigenvalue weighted by molar-refractivity contribution is 0.424. The van der Waals surface area contributed by atoms with E-state index in [0.717, 1.165) is 29.2 Å². The molecule has 0 saturated heterocycles. The molecule has 21 heavy (non-hydrogen) atoms. The third kappa shape index (κ3) is 3.79. The minimum Gasteiger partial charge on any atom is -0.308 e. The normalized spacial score (nSPS) is 12.0. The second kappa shape index (κ2) is 5.99. The van der Waals surface area contributed by atoms with E-state index in [1.54, 1.807) is 4.68 Å². The van der Waals surface area contributed by atoms with Gasteiger partial charge in [-0.25, -0.2) is 4.68 Å². The van der Waals surface area contributed by atoms with Gasteiger partial charge in [0.25, 0.3) is 0 Å². The van der Waals surface area contributed by atoms with Gasteiger partial charge in [-0.15, -0.1) is 0 Å². The number of nitrogens with one attached hydrogen (secondary N) is 1. The molecule has 1 aromatic carbocycles. The average Bonchev–Trinajstić information content (AvgIpc) is 2.63. The fourth-order valence-corrected chi connectivity index (χ4v) is 2.46. The molecule has 1 aromatic heterocycles. The SMILES string of the molecule is Cc1nn(-c2ccc(CNC(C)(C)C)cc2Cl)c(C)c1Cl. The van der Waals surface area contributed by atoms with E-state index < -0.39 is 0 Å².